The molecule has 0 saturated heterocycles. The molecule has 23 heavy (non-hydrogen) atoms. The molecule has 0 fully saturated rings. The first-order valence-electron chi connectivity index (χ1n) is 7.07. The highest BCUT2D eigenvalue weighted by Gasteiger charge is 2.19. The lowest BCUT2D eigenvalue weighted by Crippen LogP contribution is -2.30. The molecule has 2 aromatic carbocycles. The first kappa shape index (κ1) is 15.0. The minimum Gasteiger partial charge on any atom is -0.497 e. The molecule has 3 rings (SSSR count). The van der Waals surface area contributed by atoms with E-state index in [2.05, 4.69) is 10.7 Å². The standard InChI is InChI=1S/C16H17N3O4/c1-21-11-4-2-10(3-5-11)18-13-9-15-14(22-6-7-23-15)8-12(13)16(20)19-17/h2-5,8-9,18H,6-7,17H2,1H3,(H,19,20). The Morgan fingerprint density at radius 1 is 1.13 bits per heavy atom. The first-order chi connectivity index (χ1) is 11.2. The van der Waals surface area contributed by atoms with E-state index in [-0.39, 0.29) is 0 Å². The van der Waals surface area contributed by atoms with E-state index < -0.39 is 5.91 Å². The van der Waals surface area contributed by atoms with Crippen molar-refractivity contribution < 1.29 is 19.0 Å². The van der Waals surface area contributed by atoms with Crippen molar-refractivity contribution in [2.24, 2.45) is 5.84 Å². The fourth-order valence-corrected chi connectivity index (χ4v) is 2.29. The Morgan fingerprint density at radius 3 is 2.39 bits per heavy atom. The average Bonchev–Trinajstić information content (AvgIpc) is 2.61. The van der Waals surface area contributed by atoms with E-state index in [0.717, 1.165) is 11.4 Å². The number of nitrogens with one attached hydrogen (secondary N) is 2. The lowest BCUT2D eigenvalue weighted by molar-refractivity contribution is 0.0953. The second-order valence-electron chi connectivity index (χ2n) is 4.87. The predicted molar refractivity (Wildman–Crippen MR) is 85.4 cm³/mol. The van der Waals surface area contributed by atoms with Gasteiger partial charge in [-0.05, 0) is 30.3 Å². The third kappa shape index (κ3) is 3.14. The minimum absolute atomic E-state index is 0.368. The molecule has 0 saturated carbocycles. The lowest BCUT2D eigenvalue weighted by Gasteiger charge is -2.21. The Labute approximate surface area is 133 Å². The molecule has 0 unspecified atom stereocenters. The molecule has 1 aliphatic heterocycles. The summed E-state index contributed by atoms with van der Waals surface area (Å²) in [5.74, 6) is 6.70. The SMILES string of the molecule is COc1ccc(Nc2cc3c(cc2C(=O)NN)OCCO3)cc1. The number of rotatable bonds is 4. The van der Waals surface area contributed by atoms with Gasteiger partial charge in [0.25, 0.3) is 5.91 Å². The van der Waals surface area contributed by atoms with Crippen LogP contribution in [0.1, 0.15) is 10.4 Å². The molecule has 0 radical (unpaired) electrons. The number of nitrogen functional groups attached to an aromatic ring is 1. The summed E-state index contributed by atoms with van der Waals surface area (Å²) in [6.45, 7) is 0.916. The van der Waals surface area contributed by atoms with Crippen LogP contribution in [0, 0.1) is 0 Å². The van der Waals surface area contributed by atoms with Crippen molar-refractivity contribution in [2.45, 2.75) is 0 Å². The number of benzene rings is 2. The van der Waals surface area contributed by atoms with Crippen molar-refractivity contribution >= 4 is 17.3 Å². The van der Waals surface area contributed by atoms with Crippen molar-refractivity contribution in [3.8, 4) is 17.2 Å². The van der Waals surface area contributed by atoms with Gasteiger partial charge in [-0.25, -0.2) is 5.84 Å². The summed E-state index contributed by atoms with van der Waals surface area (Å²) in [5, 5.41) is 3.18. The van der Waals surface area contributed by atoms with E-state index in [4.69, 9.17) is 20.1 Å². The van der Waals surface area contributed by atoms with E-state index in [0.29, 0.717) is 36.0 Å². The quantitative estimate of drug-likeness (QED) is 0.452. The van der Waals surface area contributed by atoms with Crippen LogP contribution in [-0.4, -0.2) is 26.2 Å². The predicted octanol–water partition coefficient (Wildman–Crippen LogP) is 1.81. The van der Waals surface area contributed by atoms with Gasteiger partial charge in [-0.15, -0.1) is 0 Å². The number of methoxy groups -OCH3 is 1. The largest absolute Gasteiger partial charge is 0.497 e. The molecular weight excluding hydrogens is 298 g/mol. The molecule has 0 aromatic heterocycles. The summed E-state index contributed by atoms with van der Waals surface area (Å²) >= 11 is 0. The summed E-state index contributed by atoms with van der Waals surface area (Å²) < 4.78 is 16.2. The van der Waals surface area contributed by atoms with Gasteiger partial charge in [0.05, 0.1) is 18.4 Å². The number of hydrogen-bond acceptors (Lipinski definition) is 6. The Morgan fingerprint density at radius 2 is 1.78 bits per heavy atom. The number of hydrogen-bond donors (Lipinski definition) is 3. The van der Waals surface area contributed by atoms with Crippen molar-refractivity contribution in [3.05, 3.63) is 42.0 Å². The molecule has 0 bridgehead atoms. The number of fused-ring (bicyclic) bond motifs is 1. The van der Waals surface area contributed by atoms with Gasteiger partial charge in [0.15, 0.2) is 11.5 Å². The highest BCUT2D eigenvalue weighted by atomic mass is 16.6. The Balaban J connectivity index is 1.96. The molecule has 0 atom stereocenters. The maximum Gasteiger partial charge on any atom is 0.267 e. The lowest BCUT2D eigenvalue weighted by atomic mass is 10.1. The number of ether oxygens (including phenoxy) is 3. The van der Waals surface area contributed by atoms with Crippen LogP contribution in [0.5, 0.6) is 17.2 Å². The third-order valence-corrected chi connectivity index (χ3v) is 3.43. The number of anilines is 2. The van der Waals surface area contributed by atoms with Crippen LogP contribution in [0.15, 0.2) is 36.4 Å². The van der Waals surface area contributed by atoms with E-state index in [9.17, 15) is 4.79 Å². The number of hydrazine groups is 1. The van der Waals surface area contributed by atoms with E-state index >= 15 is 0 Å². The summed E-state index contributed by atoms with van der Waals surface area (Å²) in [7, 11) is 1.60. The maximum absolute atomic E-state index is 12.0. The fraction of sp³-hybridized carbons (Fsp3) is 0.188. The van der Waals surface area contributed by atoms with Crippen LogP contribution < -0.4 is 30.8 Å². The number of nitrogens with two attached hydrogens (primary N) is 1. The molecule has 1 amide bonds. The molecule has 1 heterocycles. The third-order valence-electron chi connectivity index (χ3n) is 3.43. The molecule has 7 heteroatoms. The topological polar surface area (TPSA) is 94.8 Å². The smallest absolute Gasteiger partial charge is 0.267 e. The van der Waals surface area contributed by atoms with E-state index in [1.54, 1.807) is 19.2 Å². The fourth-order valence-electron chi connectivity index (χ4n) is 2.29. The molecule has 120 valence electrons. The van der Waals surface area contributed by atoms with Crippen LogP contribution in [0.2, 0.25) is 0 Å². The van der Waals surface area contributed by atoms with Gasteiger partial charge in [0.2, 0.25) is 0 Å². The summed E-state index contributed by atoms with van der Waals surface area (Å²) in [6, 6.07) is 10.7. The van der Waals surface area contributed by atoms with Gasteiger partial charge in [-0.3, -0.25) is 10.2 Å². The number of carbonyl (C=O) groups is 1. The Bertz CT molecular complexity index is 716. The van der Waals surface area contributed by atoms with Gasteiger partial charge < -0.3 is 19.5 Å². The molecule has 1 aliphatic rings. The van der Waals surface area contributed by atoms with E-state index in [1.807, 2.05) is 24.3 Å². The van der Waals surface area contributed by atoms with E-state index in [1.165, 1.54) is 0 Å². The molecular formula is C16H17N3O4. The van der Waals surface area contributed by atoms with Gasteiger partial charge in [0, 0.05) is 11.8 Å². The Hall–Kier alpha value is -2.93. The van der Waals surface area contributed by atoms with Crippen molar-refractivity contribution in [1.29, 1.82) is 0 Å². The molecule has 0 spiro atoms. The highest BCUT2D eigenvalue weighted by Crippen LogP contribution is 2.36. The molecule has 4 N–H and O–H groups in total. The average molecular weight is 315 g/mol. The van der Waals surface area contributed by atoms with Crippen molar-refractivity contribution in [3.63, 3.8) is 0 Å². The van der Waals surface area contributed by atoms with Crippen LogP contribution in [0.4, 0.5) is 11.4 Å². The van der Waals surface area contributed by atoms with Gasteiger partial charge in [0.1, 0.15) is 19.0 Å². The highest BCUT2D eigenvalue weighted by molar-refractivity contribution is 6.01. The van der Waals surface area contributed by atoms with Gasteiger partial charge in [-0.1, -0.05) is 0 Å². The van der Waals surface area contributed by atoms with Crippen LogP contribution >= 0.6 is 0 Å². The second kappa shape index (κ2) is 6.45. The number of carbonyl (C=O) groups excluding carboxylic acids is 1. The molecule has 7 nitrogen and oxygen atoms in total. The Kier molecular flexibility index (Phi) is 4.20. The van der Waals surface area contributed by atoms with Gasteiger partial charge >= 0.3 is 0 Å². The monoisotopic (exact) mass is 315 g/mol. The summed E-state index contributed by atoms with van der Waals surface area (Å²) in [6.07, 6.45) is 0. The van der Waals surface area contributed by atoms with Crippen molar-refractivity contribution in [1.82, 2.24) is 5.43 Å². The first-order valence-corrected chi connectivity index (χ1v) is 7.07. The zero-order valence-electron chi connectivity index (χ0n) is 12.6. The van der Waals surface area contributed by atoms with Crippen LogP contribution in [0.3, 0.4) is 0 Å². The van der Waals surface area contributed by atoms with Crippen molar-refractivity contribution in [2.75, 3.05) is 25.6 Å². The normalized spacial score (nSPS) is 12.4. The van der Waals surface area contributed by atoms with Crippen LogP contribution in [0.25, 0.3) is 0 Å². The second-order valence-corrected chi connectivity index (χ2v) is 4.87. The summed E-state index contributed by atoms with van der Waals surface area (Å²) in [4.78, 5) is 12.0. The minimum atomic E-state index is -0.419. The van der Waals surface area contributed by atoms with Gasteiger partial charge in [-0.2, -0.15) is 0 Å². The number of amides is 1. The molecule has 0 aliphatic carbocycles. The summed E-state index contributed by atoms with van der Waals surface area (Å²) in [5.41, 5.74) is 3.88. The zero-order chi connectivity index (χ0) is 16.2. The maximum atomic E-state index is 12.0. The van der Waals surface area contributed by atoms with Crippen LogP contribution in [-0.2, 0) is 0 Å². The molecule has 2 aromatic rings. The zero-order valence-corrected chi connectivity index (χ0v) is 12.6.